The average molecular weight is 609 g/mol. The van der Waals surface area contributed by atoms with Gasteiger partial charge in [0, 0.05) is 28.5 Å². The Morgan fingerprint density at radius 2 is 1.77 bits per heavy atom. The number of ether oxygens (including phenoxy) is 1. The first-order valence-electron chi connectivity index (χ1n) is 12.7. The molecule has 0 fully saturated rings. The Kier molecular flexibility index (Phi) is 8.82. The highest BCUT2D eigenvalue weighted by atomic mass is 79.9. The maximum Gasteiger partial charge on any atom is 0.341 e. The minimum atomic E-state index is -0.581. The van der Waals surface area contributed by atoms with E-state index in [2.05, 4.69) is 21.2 Å². The Morgan fingerprint density at radius 3 is 2.44 bits per heavy atom. The molecule has 2 amide bonds. The van der Waals surface area contributed by atoms with Crippen LogP contribution in [0.4, 0.5) is 5.00 Å². The molecule has 2 heterocycles. The summed E-state index contributed by atoms with van der Waals surface area (Å²) in [5.74, 6) is -1.18. The van der Waals surface area contributed by atoms with E-state index < -0.39 is 11.9 Å². The normalized spacial score (nSPS) is 11.1. The molecule has 0 unspecified atom stereocenters. The van der Waals surface area contributed by atoms with Gasteiger partial charge in [0.15, 0.2) is 0 Å². The average Bonchev–Trinajstić information content (AvgIpc) is 3.23. The molecule has 0 aliphatic heterocycles. The summed E-state index contributed by atoms with van der Waals surface area (Å²) in [6.45, 7) is 10.1. The molecule has 2 aromatic carbocycles. The molecule has 4 aromatic rings. The second kappa shape index (κ2) is 12.1. The van der Waals surface area contributed by atoms with Gasteiger partial charge in [-0.25, -0.2) is 9.78 Å². The van der Waals surface area contributed by atoms with Crippen molar-refractivity contribution in [2.45, 2.75) is 40.7 Å². The SMILES string of the molecule is CCN(CC)C(=O)c1sc(NC(=O)c2cc(-c3cccc(Br)c3)nc3ccccc23)c(C(=O)OC(C)C)c1C. The molecule has 0 saturated carbocycles. The highest BCUT2D eigenvalue weighted by Gasteiger charge is 2.29. The summed E-state index contributed by atoms with van der Waals surface area (Å²) >= 11 is 4.59. The molecule has 0 aliphatic rings. The molecule has 0 radical (unpaired) electrons. The number of esters is 1. The van der Waals surface area contributed by atoms with E-state index in [0.29, 0.717) is 45.7 Å². The Balaban J connectivity index is 1.82. The van der Waals surface area contributed by atoms with Gasteiger partial charge in [0.2, 0.25) is 0 Å². The van der Waals surface area contributed by atoms with Crippen molar-refractivity contribution in [1.82, 2.24) is 9.88 Å². The van der Waals surface area contributed by atoms with Crippen LogP contribution in [0.2, 0.25) is 0 Å². The van der Waals surface area contributed by atoms with Gasteiger partial charge in [0.05, 0.1) is 33.3 Å². The molecule has 0 saturated heterocycles. The lowest BCUT2D eigenvalue weighted by Gasteiger charge is -2.18. The Bertz CT molecular complexity index is 1560. The number of para-hydroxylation sites is 1. The van der Waals surface area contributed by atoms with Crippen LogP contribution in [0, 0.1) is 6.92 Å². The minimum absolute atomic E-state index is 0.187. The summed E-state index contributed by atoms with van der Waals surface area (Å²) < 4.78 is 6.38. The smallest absolute Gasteiger partial charge is 0.341 e. The summed E-state index contributed by atoms with van der Waals surface area (Å²) in [5.41, 5.74) is 3.25. The molecule has 202 valence electrons. The summed E-state index contributed by atoms with van der Waals surface area (Å²) in [5, 5.41) is 3.88. The topological polar surface area (TPSA) is 88.6 Å². The summed E-state index contributed by atoms with van der Waals surface area (Å²) in [6, 6.07) is 16.9. The third-order valence-corrected chi connectivity index (χ3v) is 7.94. The van der Waals surface area contributed by atoms with E-state index in [0.717, 1.165) is 21.4 Å². The number of nitrogens with zero attached hydrogens (tertiary/aromatic N) is 2. The van der Waals surface area contributed by atoms with Crippen molar-refractivity contribution in [3.8, 4) is 11.3 Å². The van der Waals surface area contributed by atoms with Gasteiger partial charge in [0.1, 0.15) is 5.00 Å². The molecule has 7 nitrogen and oxygen atoms in total. The number of nitrogens with one attached hydrogen (secondary N) is 1. The maximum atomic E-state index is 13.8. The van der Waals surface area contributed by atoms with Gasteiger partial charge >= 0.3 is 5.97 Å². The number of fused-ring (bicyclic) bond motifs is 1. The predicted molar refractivity (Wildman–Crippen MR) is 160 cm³/mol. The molecule has 0 spiro atoms. The van der Waals surface area contributed by atoms with Crippen LogP contribution in [0.3, 0.4) is 0 Å². The van der Waals surface area contributed by atoms with Gasteiger partial charge in [-0.2, -0.15) is 0 Å². The van der Waals surface area contributed by atoms with Crippen molar-refractivity contribution in [1.29, 1.82) is 0 Å². The van der Waals surface area contributed by atoms with Crippen LogP contribution in [0.25, 0.3) is 22.2 Å². The number of hydrogen-bond acceptors (Lipinski definition) is 6. The number of carbonyl (C=O) groups is 3. The van der Waals surface area contributed by atoms with Gasteiger partial charge < -0.3 is 15.0 Å². The van der Waals surface area contributed by atoms with Gasteiger partial charge in [-0.3, -0.25) is 9.59 Å². The molecule has 0 atom stereocenters. The van der Waals surface area contributed by atoms with Crippen molar-refractivity contribution in [3.63, 3.8) is 0 Å². The number of carbonyl (C=O) groups excluding carboxylic acids is 3. The summed E-state index contributed by atoms with van der Waals surface area (Å²) in [4.78, 5) is 47.1. The van der Waals surface area contributed by atoms with Gasteiger partial charge in [-0.1, -0.05) is 46.3 Å². The van der Waals surface area contributed by atoms with E-state index in [1.54, 1.807) is 31.7 Å². The molecule has 1 N–H and O–H groups in total. The van der Waals surface area contributed by atoms with Crippen LogP contribution >= 0.6 is 27.3 Å². The molecular weight excluding hydrogens is 578 g/mol. The zero-order valence-electron chi connectivity index (χ0n) is 22.5. The van der Waals surface area contributed by atoms with E-state index in [1.807, 2.05) is 62.4 Å². The largest absolute Gasteiger partial charge is 0.459 e. The first kappa shape index (κ1) is 28.4. The maximum absolute atomic E-state index is 13.8. The number of rotatable bonds is 8. The summed E-state index contributed by atoms with van der Waals surface area (Å²) in [6.07, 6.45) is -0.362. The van der Waals surface area contributed by atoms with Gasteiger partial charge in [-0.15, -0.1) is 11.3 Å². The number of amides is 2. The van der Waals surface area contributed by atoms with E-state index in [9.17, 15) is 14.4 Å². The number of aromatic nitrogens is 1. The number of benzene rings is 2. The van der Waals surface area contributed by atoms with Crippen LogP contribution in [0.1, 0.15) is 63.6 Å². The zero-order valence-corrected chi connectivity index (χ0v) is 24.9. The fourth-order valence-corrected chi connectivity index (χ4v) is 5.87. The number of thiophene rings is 1. The van der Waals surface area contributed by atoms with Crippen LogP contribution in [-0.4, -0.2) is 46.9 Å². The predicted octanol–water partition coefficient (Wildman–Crippen LogP) is 7.33. The van der Waals surface area contributed by atoms with Gasteiger partial charge in [0.25, 0.3) is 11.8 Å². The fourth-order valence-electron chi connectivity index (χ4n) is 4.31. The molecule has 0 aliphatic carbocycles. The molecular formula is C30H30BrN3O4S. The second-order valence-corrected chi connectivity index (χ2v) is 11.2. The summed E-state index contributed by atoms with van der Waals surface area (Å²) in [7, 11) is 0. The monoisotopic (exact) mass is 607 g/mol. The van der Waals surface area contributed by atoms with Gasteiger partial charge in [-0.05, 0) is 64.4 Å². The van der Waals surface area contributed by atoms with E-state index in [4.69, 9.17) is 9.72 Å². The second-order valence-electron chi connectivity index (χ2n) is 9.23. The third-order valence-electron chi connectivity index (χ3n) is 6.25. The lowest BCUT2D eigenvalue weighted by molar-refractivity contribution is 0.0379. The zero-order chi connectivity index (χ0) is 28.3. The lowest BCUT2D eigenvalue weighted by Crippen LogP contribution is -2.30. The van der Waals surface area contributed by atoms with Crippen LogP contribution < -0.4 is 5.32 Å². The fraction of sp³-hybridized carbons (Fsp3) is 0.267. The molecule has 4 rings (SSSR count). The number of hydrogen-bond donors (Lipinski definition) is 1. The quantitative estimate of drug-likeness (QED) is 0.212. The van der Waals surface area contributed by atoms with Crippen LogP contribution in [0.5, 0.6) is 0 Å². The molecule has 39 heavy (non-hydrogen) atoms. The molecule has 2 aromatic heterocycles. The number of pyridine rings is 1. The Morgan fingerprint density at radius 1 is 1.05 bits per heavy atom. The number of anilines is 1. The van der Waals surface area contributed by atoms with Crippen LogP contribution in [0.15, 0.2) is 59.1 Å². The third kappa shape index (κ3) is 6.04. The standard InChI is InChI=1S/C30H30BrN3O4S/c1-6-34(7-2)29(36)26-18(5)25(30(37)38-17(3)4)28(39-26)33-27(35)22-16-24(19-11-10-12-20(31)15-19)32-23-14-9-8-13-21(22)23/h8-17H,6-7H2,1-5H3,(H,33,35). The first-order valence-corrected chi connectivity index (χ1v) is 14.4. The van der Waals surface area contributed by atoms with Crippen molar-refractivity contribution in [2.24, 2.45) is 0 Å². The van der Waals surface area contributed by atoms with Crippen LogP contribution in [-0.2, 0) is 4.74 Å². The highest BCUT2D eigenvalue weighted by molar-refractivity contribution is 9.10. The van der Waals surface area contributed by atoms with E-state index in [-0.39, 0.29) is 22.6 Å². The first-order chi connectivity index (χ1) is 18.6. The van der Waals surface area contributed by atoms with Crippen molar-refractivity contribution in [3.05, 3.63) is 80.6 Å². The van der Waals surface area contributed by atoms with Crippen molar-refractivity contribution < 1.29 is 19.1 Å². The highest BCUT2D eigenvalue weighted by Crippen LogP contribution is 2.36. The van der Waals surface area contributed by atoms with Crippen molar-refractivity contribution in [2.75, 3.05) is 18.4 Å². The Labute approximate surface area is 240 Å². The lowest BCUT2D eigenvalue weighted by atomic mass is 10.0. The number of halogens is 1. The van der Waals surface area contributed by atoms with E-state index >= 15 is 0 Å². The van der Waals surface area contributed by atoms with Crippen molar-refractivity contribution >= 4 is 61.0 Å². The van der Waals surface area contributed by atoms with E-state index in [1.165, 1.54) is 0 Å². The Hall–Kier alpha value is -3.56. The molecule has 0 bridgehead atoms. The molecule has 9 heteroatoms. The minimum Gasteiger partial charge on any atom is -0.459 e.